The maximum absolute atomic E-state index is 5.60. The molecule has 0 saturated carbocycles. The van der Waals surface area contributed by atoms with Crippen LogP contribution in [-0.2, 0) is 5.33 Å². The predicted octanol–water partition coefficient (Wildman–Crippen LogP) is -0.911. The number of nitrogens with one attached hydrogen (secondary N) is 1. The molecule has 3 rings (SSSR count). The third-order valence-electron chi connectivity index (χ3n) is 2.23. The SMILES string of the molecule is BrCc1nc2ccc3c[nH+]cnc3c2o1.[Br-]. The van der Waals surface area contributed by atoms with Crippen molar-refractivity contribution in [3.63, 3.8) is 0 Å². The molecule has 0 bridgehead atoms. The van der Waals surface area contributed by atoms with Gasteiger partial charge in [-0.15, -0.1) is 0 Å². The van der Waals surface area contributed by atoms with Crippen molar-refractivity contribution in [2.75, 3.05) is 0 Å². The second kappa shape index (κ2) is 4.47. The van der Waals surface area contributed by atoms with Crippen LogP contribution in [0.4, 0.5) is 0 Å². The number of fused-ring (bicyclic) bond motifs is 3. The van der Waals surface area contributed by atoms with Crippen molar-refractivity contribution in [1.29, 1.82) is 0 Å². The Morgan fingerprint density at radius 2 is 2.25 bits per heavy atom. The fourth-order valence-corrected chi connectivity index (χ4v) is 1.81. The lowest BCUT2D eigenvalue weighted by Gasteiger charge is -1.88. The molecule has 4 nitrogen and oxygen atoms in total. The first kappa shape index (κ1) is 11.5. The van der Waals surface area contributed by atoms with Crippen molar-refractivity contribution in [3.8, 4) is 0 Å². The van der Waals surface area contributed by atoms with Crippen LogP contribution in [0.1, 0.15) is 5.89 Å². The summed E-state index contributed by atoms with van der Waals surface area (Å²) in [5.41, 5.74) is 2.43. The van der Waals surface area contributed by atoms with Crippen LogP contribution in [0.25, 0.3) is 22.0 Å². The van der Waals surface area contributed by atoms with Gasteiger partial charge in [0, 0.05) is 0 Å². The zero-order valence-corrected chi connectivity index (χ0v) is 11.2. The summed E-state index contributed by atoms with van der Waals surface area (Å²) in [6, 6.07) is 3.91. The average molecular weight is 345 g/mol. The van der Waals surface area contributed by atoms with Crippen molar-refractivity contribution in [1.82, 2.24) is 9.97 Å². The van der Waals surface area contributed by atoms with E-state index in [0.717, 1.165) is 22.0 Å². The van der Waals surface area contributed by atoms with Gasteiger partial charge in [-0.3, -0.25) is 0 Å². The molecule has 0 aliphatic heterocycles. The second-order valence-corrected chi connectivity index (χ2v) is 3.72. The fraction of sp³-hybridized carbons (Fsp3) is 0.100. The highest BCUT2D eigenvalue weighted by atomic mass is 79.9. The lowest BCUT2D eigenvalue weighted by atomic mass is 10.2. The first-order valence-electron chi connectivity index (χ1n) is 4.48. The highest BCUT2D eigenvalue weighted by molar-refractivity contribution is 9.08. The van der Waals surface area contributed by atoms with Crippen LogP contribution in [0.2, 0.25) is 0 Å². The largest absolute Gasteiger partial charge is 1.00 e. The molecule has 0 spiro atoms. The van der Waals surface area contributed by atoms with Gasteiger partial charge in [0.25, 0.3) is 6.33 Å². The lowest BCUT2D eigenvalue weighted by Crippen LogP contribution is -3.00. The topological polar surface area (TPSA) is 53.1 Å². The van der Waals surface area contributed by atoms with E-state index in [4.69, 9.17) is 4.42 Å². The monoisotopic (exact) mass is 343 g/mol. The Kier molecular flexibility index (Phi) is 3.20. The Balaban J connectivity index is 0.000000963. The maximum Gasteiger partial charge on any atom is 0.284 e. The van der Waals surface area contributed by atoms with Crippen LogP contribution in [0.3, 0.4) is 0 Å². The van der Waals surface area contributed by atoms with E-state index >= 15 is 0 Å². The molecule has 82 valence electrons. The Hall–Kier alpha value is -1.01. The van der Waals surface area contributed by atoms with Gasteiger partial charge in [-0.25, -0.2) is 9.97 Å². The molecule has 0 atom stereocenters. The summed E-state index contributed by atoms with van der Waals surface area (Å²) in [4.78, 5) is 11.5. The van der Waals surface area contributed by atoms with Gasteiger partial charge in [0.05, 0.1) is 16.9 Å². The van der Waals surface area contributed by atoms with E-state index in [0.29, 0.717) is 11.2 Å². The van der Waals surface area contributed by atoms with Crippen LogP contribution in [0, 0.1) is 0 Å². The molecule has 3 aromatic rings. The van der Waals surface area contributed by atoms with Crippen molar-refractivity contribution >= 4 is 37.9 Å². The average Bonchev–Trinajstić information content (AvgIpc) is 2.72. The lowest BCUT2D eigenvalue weighted by molar-refractivity contribution is -0.380. The molecule has 0 unspecified atom stereocenters. The Morgan fingerprint density at radius 3 is 3.06 bits per heavy atom. The molecular formula is C10H7Br2N3O. The van der Waals surface area contributed by atoms with E-state index in [-0.39, 0.29) is 17.0 Å². The molecule has 6 heteroatoms. The van der Waals surface area contributed by atoms with E-state index in [2.05, 4.69) is 30.9 Å². The predicted molar refractivity (Wildman–Crippen MR) is 58.5 cm³/mol. The third-order valence-corrected chi connectivity index (χ3v) is 2.71. The number of nitrogens with zero attached hydrogens (tertiary/aromatic N) is 2. The van der Waals surface area contributed by atoms with Crippen molar-refractivity contribution in [2.45, 2.75) is 5.33 Å². The molecule has 0 radical (unpaired) electrons. The molecule has 1 aromatic carbocycles. The highest BCUT2D eigenvalue weighted by Crippen LogP contribution is 2.23. The zero-order valence-electron chi connectivity index (χ0n) is 8.08. The number of aromatic amines is 1. The molecular weight excluding hydrogens is 338 g/mol. The van der Waals surface area contributed by atoms with Gasteiger partial charge in [-0.1, -0.05) is 15.9 Å². The van der Waals surface area contributed by atoms with Crippen LogP contribution in [0.5, 0.6) is 0 Å². The van der Waals surface area contributed by atoms with Gasteiger partial charge in [0.15, 0.2) is 0 Å². The molecule has 1 N–H and O–H groups in total. The molecule has 2 heterocycles. The number of oxazole rings is 1. The molecule has 0 amide bonds. The molecule has 0 fully saturated rings. The van der Waals surface area contributed by atoms with Crippen LogP contribution >= 0.6 is 15.9 Å². The molecule has 0 saturated heterocycles. The molecule has 2 aromatic heterocycles. The number of halogens is 2. The van der Waals surface area contributed by atoms with Crippen molar-refractivity contribution in [3.05, 3.63) is 30.5 Å². The molecule has 16 heavy (non-hydrogen) atoms. The molecule has 0 aliphatic rings. The summed E-state index contributed by atoms with van der Waals surface area (Å²) < 4.78 is 5.60. The minimum absolute atomic E-state index is 0. The second-order valence-electron chi connectivity index (χ2n) is 3.16. The summed E-state index contributed by atoms with van der Waals surface area (Å²) in [7, 11) is 0. The van der Waals surface area contributed by atoms with Gasteiger partial charge in [-0.05, 0) is 17.1 Å². The van der Waals surface area contributed by atoms with Crippen molar-refractivity contribution in [2.24, 2.45) is 0 Å². The Morgan fingerprint density at radius 1 is 1.38 bits per heavy atom. The Bertz CT molecular complexity index is 638. The van der Waals surface area contributed by atoms with Gasteiger partial charge in [-0.2, -0.15) is 0 Å². The highest BCUT2D eigenvalue weighted by Gasteiger charge is 2.12. The fourth-order valence-electron chi connectivity index (χ4n) is 1.58. The number of aromatic nitrogens is 3. The van der Waals surface area contributed by atoms with Gasteiger partial charge in [0.2, 0.25) is 17.0 Å². The summed E-state index contributed by atoms with van der Waals surface area (Å²) in [6.07, 6.45) is 3.52. The Labute approximate surface area is 110 Å². The van der Waals surface area contributed by atoms with Gasteiger partial charge < -0.3 is 21.4 Å². The summed E-state index contributed by atoms with van der Waals surface area (Å²) in [6.45, 7) is 0. The van der Waals surface area contributed by atoms with Crippen LogP contribution in [0.15, 0.2) is 29.1 Å². The minimum atomic E-state index is 0. The van der Waals surface area contributed by atoms with Gasteiger partial charge >= 0.3 is 0 Å². The van der Waals surface area contributed by atoms with Crippen molar-refractivity contribution < 1.29 is 26.4 Å². The quantitative estimate of drug-likeness (QED) is 0.537. The third kappa shape index (κ3) is 1.72. The number of rotatable bonds is 1. The summed E-state index contributed by atoms with van der Waals surface area (Å²) in [5, 5.41) is 1.63. The van der Waals surface area contributed by atoms with Crippen LogP contribution in [-0.4, -0.2) is 9.97 Å². The van der Waals surface area contributed by atoms with E-state index in [1.807, 2.05) is 18.3 Å². The van der Waals surface area contributed by atoms with Gasteiger partial charge in [0.1, 0.15) is 5.52 Å². The number of hydrogen-bond acceptors (Lipinski definition) is 3. The van der Waals surface area contributed by atoms with E-state index < -0.39 is 0 Å². The number of hydrogen-bond donors (Lipinski definition) is 0. The first-order valence-corrected chi connectivity index (χ1v) is 5.61. The van der Waals surface area contributed by atoms with E-state index in [1.54, 1.807) is 6.33 Å². The summed E-state index contributed by atoms with van der Waals surface area (Å²) >= 11 is 3.32. The zero-order chi connectivity index (χ0) is 10.3. The van der Waals surface area contributed by atoms with Crippen LogP contribution < -0.4 is 22.0 Å². The molecule has 0 aliphatic carbocycles. The standard InChI is InChI=1S/C10H6BrN3O.BrH/c11-3-8-14-7-2-1-6-4-12-5-13-9(6)10(7)15-8;/h1-2,4-5H,3H2;1H. The summed E-state index contributed by atoms with van der Waals surface area (Å²) in [5.74, 6) is 0.673. The number of H-pyrrole nitrogens is 1. The smallest absolute Gasteiger partial charge is 0.284 e. The normalized spacial score (nSPS) is 10.6. The minimum Gasteiger partial charge on any atom is -1.00 e. The van der Waals surface area contributed by atoms with E-state index in [1.165, 1.54) is 0 Å². The van der Waals surface area contributed by atoms with E-state index in [9.17, 15) is 0 Å². The number of benzene rings is 1. The first-order chi connectivity index (χ1) is 7.38. The maximum atomic E-state index is 5.60. The number of alkyl halides is 1.